The third-order valence-corrected chi connectivity index (χ3v) is 3.62. The standard InChI is InChI=1S/C16H22N2O5/c1-3-10(2)13(16(22)23)18-15(21)14(17-12(20)9-19)11-7-5-4-6-8-11/h4-8,10,13-14,19H,3,9H2,1-2H3,(H,17,20)(H,18,21)(H,22,23)/t10-,13-,14+/m0/s1. The monoisotopic (exact) mass is 322 g/mol. The lowest BCUT2D eigenvalue weighted by Gasteiger charge is -2.24. The number of nitrogens with one attached hydrogen (secondary N) is 2. The number of benzene rings is 1. The minimum Gasteiger partial charge on any atom is -0.480 e. The summed E-state index contributed by atoms with van der Waals surface area (Å²) >= 11 is 0. The Morgan fingerprint density at radius 1 is 1.13 bits per heavy atom. The van der Waals surface area contributed by atoms with Gasteiger partial charge in [-0.3, -0.25) is 9.59 Å². The highest BCUT2D eigenvalue weighted by molar-refractivity contribution is 5.91. The summed E-state index contributed by atoms with van der Waals surface area (Å²) in [6.07, 6.45) is 0.580. The predicted molar refractivity (Wildman–Crippen MR) is 83.4 cm³/mol. The fourth-order valence-corrected chi connectivity index (χ4v) is 2.07. The van der Waals surface area contributed by atoms with E-state index in [-0.39, 0.29) is 5.92 Å². The highest BCUT2D eigenvalue weighted by Crippen LogP contribution is 2.15. The van der Waals surface area contributed by atoms with Gasteiger partial charge >= 0.3 is 5.97 Å². The van der Waals surface area contributed by atoms with E-state index in [0.29, 0.717) is 12.0 Å². The molecule has 0 aliphatic carbocycles. The number of carboxylic acid groups (broad SMARTS) is 1. The molecule has 2 amide bonds. The van der Waals surface area contributed by atoms with E-state index >= 15 is 0 Å². The van der Waals surface area contributed by atoms with Gasteiger partial charge in [0.2, 0.25) is 11.8 Å². The third-order valence-electron chi connectivity index (χ3n) is 3.62. The van der Waals surface area contributed by atoms with Crippen LogP contribution in [0.25, 0.3) is 0 Å². The number of carboxylic acids is 1. The Kier molecular flexibility index (Phi) is 7.21. The Morgan fingerprint density at radius 2 is 1.74 bits per heavy atom. The van der Waals surface area contributed by atoms with Crippen LogP contribution < -0.4 is 10.6 Å². The largest absolute Gasteiger partial charge is 0.480 e. The first-order chi connectivity index (χ1) is 10.9. The number of rotatable bonds is 8. The molecule has 1 aromatic rings. The quantitative estimate of drug-likeness (QED) is 0.555. The Morgan fingerprint density at radius 3 is 2.22 bits per heavy atom. The average molecular weight is 322 g/mol. The molecule has 1 rings (SSSR count). The lowest BCUT2D eigenvalue weighted by molar-refractivity contribution is -0.143. The minimum absolute atomic E-state index is 0.263. The molecule has 3 atom stereocenters. The SMILES string of the molecule is CC[C@H](C)[C@H](NC(=O)[C@H](NC(=O)CO)c1ccccc1)C(=O)O. The molecule has 0 aliphatic heterocycles. The van der Waals surface area contributed by atoms with E-state index in [9.17, 15) is 19.5 Å². The van der Waals surface area contributed by atoms with E-state index in [1.807, 2.05) is 6.92 Å². The molecule has 0 unspecified atom stereocenters. The first-order valence-electron chi connectivity index (χ1n) is 7.39. The molecule has 7 heteroatoms. The fraction of sp³-hybridized carbons (Fsp3) is 0.438. The molecule has 0 saturated carbocycles. The summed E-state index contributed by atoms with van der Waals surface area (Å²) in [5.41, 5.74) is 0.500. The summed E-state index contributed by atoms with van der Waals surface area (Å²) in [7, 11) is 0. The maximum atomic E-state index is 12.5. The predicted octanol–water partition coefficient (Wildman–Crippen LogP) is 0.452. The number of hydrogen-bond donors (Lipinski definition) is 4. The molecule has 0 saturated heterocycles. The normalized spacial score (nSPS) is 14.4. The van der Waals surface area contributed by atoms with Gasteiger partial charge in [-0.1, -0.05) is 50.6 Å². The van der Waals surface area contributed by atoms with Gasteiger partial charge in [0.1, 0.15) is 18.7 Å². The van der Waals surface area contributed by atoms with Crippen LogP contribution in [0.1, 0.15) is 31.9 Å². The fourth-order valence-electron chi connectivity index (χ4n) is 2.07. The number of hydrogen-bond acceptors (Lipinski definition) is 4. The molecule has 0 aliphatic rings. The Hall–Kier alpha value is -2.41. The molecule has 4 N–H and O–H groups in total. The summed E-state index contributed by atoms with van der Waals surface area (Å²) in [5.74, 6) is -2.75. The van der Waals surface area contributed by atoms with Gasteiger partial charge in [0.15, 0.2) is 0 Å². The number of carbonyl (C=O) groups excluding carboxylic acids is 2. The van der Waals surface area contributed by atoms with E-state index in [1.54, 1.807) is 37.3 Å². The van der Waals surface area contributed by atoms with E-state index in [4.69, 9.17) is 5.11 Å². The van der Waals surface area contributed by atoms with Crippen LogP contribution in [0, 0.1) is 5.92 Å². The Labute approximate surface area is 134 Å². The molecule has 0 spiro atoms. The van der Waals surface area contributed by atoms with Crippen molar-refractivity contribution in [2.24, 2.45) is 5.92 Å². The van der Waals surface area contributed by atoms with Crippen molar-refractivity contribution in [1.29, 1.82) is 0 Å². The Bertz CT molecular complexity index is 547. The van der Waals surface area contributed by atoms with E-state index < -0.39 is 36.5 Å². The lowest BCUT2D eigenvalue weighted by atomic mass is 9.98. The number of aliphatic hydroxyl groups is 1. The van der Waals surface area contributed by atoms with Crippen molar-refractivity contribution in [3.05, 3.63) is 35.9 Å². The summed E-state index contributed by atoms with van der Waals surface area (Å²) in [5, 5.41) is 23.0. The first-order valence-corrected chi connectivity index (χ1v) is 7.39. The summed E-state index contributed by atoms with van der Waals surface area (Å²) in [4.78, 5) is 35.2. The molecule has 23 heavy (non-hydrogen) atoms. The van der Waals surface area contributed by atoms with Crippen LogP contribution in [-0.4, -0.2) is 40.6 Å². The van der Waals surface area contributed by atoms with Crippen molar-refractivity contribution in [2.75, 3.05) is 6.61 Å². The van der Waals surface area contributed by atoms with Gasteiger partial charge in [-0.2, -0.15) is 0 Å². The van der Waals surface area contributed by atoms with E-state index in [2.05, 4.69) is 10.6 Å². The van der Waals surface area contributed by atoms with Crippen LogP contribution >= 0.6 is 0 Å². The van der Waals surface area contributed by atoms with Gasteiger partial charge < -0.3 is 20.8 Å². The minimum atomic E-state index is -1.13. The number of aliphatic carboxylic acids is 1. The molecule has 0 fully saturated rings. The van der Waals surface area contributed by atoms with Crippen molar-refractivity contribution in [2.45, 2.75) is 32.4 Å². The van der Waals surface area contributed by atoms with Gasteiger partial charge in [0.25, 0.3) is 0 Å². The highest BCUT2D eigenvalue weighted by Gasteiger charge is 2.30. The molecule has 7 nitrogen and oxygen atoms in total. The van der Waals surface area contributed by atoms with E-state index in [1.165, 1.54) is 0 Å². The topological polar surface area (TPSA) is 116 Å². The molecule has 0 aromatic heterocycles. The van der Waals surface area contributed by atoms with Crippen LogP contribution in [0.2, 0.25) is 0 Å². The maximum absolute atomic E-state index is 12.5. The molecule has 1 aromatic carbocycles. The zero-order valence-corrected chi connectivity index (χ0v) is 13.2. The van der Waals surface area contributed by atoms with Crippen LogP contribution in [0.5, 0.6) is 0 Å². The summed E-state index contributed by atoms with van der Waals surface area (Å²) < 4.78 is 0. The molecule has 0 bridgehead atoms. The van der Waals surface area contributed by atoms with Crippen molar-refractivity contribution in [3.8, 4) is 0 Å². The highest BCUT2D eigenvalue weighted by atomic mass is 16.4. The number of carbonyl (C=O) groups is 3. The maximum Gasteiger partial charge on any atom is 0.326 e. The van der Waals surface area contributed by atoms with Crippen molar-refractivity contribution in [3.63, 3.8) is 0 Å². The summed E-state index contributed by atoms with van der Waals surface area (Å²) in [6, 6.07) is 6.31. The van der Waals surface area contributed by atoms with Gasteiger partial charge in [0.05, 0.1) is 0 Å². The smallest absolute Gasteiger partial charge is 0.326 e. The molecular formula is C16H22N2O5. The second-order valence-corrected chi connectivity index (χ2v) is 5.28. The molecular weight excluding hydrogens is 300 g/mol. The second kappa shape index (κ2) is 8.89. The van der Waals surface area contributed by atoms with Crippen LogP contribution in [0.15, 0.2) is 30.3 Å². The number of amides is 2. The van der Waals surface area contributed by atoms with Crippen molar-refractivity contribution < 1.29 is 24.6 Å². The average Bonchev–Trinajstić information content (AvgIpc) is 2.56. The molecule has 126 valence electrons. The molecule has 0 radical (unpaired) electrons. The van der Waals surface area contributed by atoms with Gasteiger partial charge in [0, 0.05) is 0 Å². The van der Waals surface area contributed by atoms with Gasteiger partial charge in [-0.05, 0) is 11.5 Å². The van der Waals surface area contributed by atoms with Gasteiger partial charge in [-0.25, -0.2) is 4.79 Å². The van der Waals surface area contributed by atoms with Crippen LogP contribution in [0.4, 0.5) is 0 Å². The Balaban J connectivity index is 2.99. The zero-order chi connectivity index (χ0) is 17.4. The van der Waals surface area contributed by atoms with Crippen LogP contribution in [0.3, 0.4) is 0 Å². The van der Waals surface area contributed by atoms with Crippen LogP contribution in [-0.2, 0) is 14.4 Å². The van der Waals surface area contributed by atoms with E-state index in [0.717, 1.165) is 0 Å². The number of aliphatic hydroxyl groups excluding tert-OH is 1. The third kappa shape index (κ3) is 5.37. The zero-order valence-electron chi connectivity index (χ0n) is 13.2. The lowest BCUT2D eigenvalue weighted by Crippen LogP contribution is -2.50. The van der Waals surface area contributed by atoms with Gasteiger partial charge in [-0.15, -0.1) is 0 Å². The first kappa shape index (κ1) is 18.6. The second-order valence-electron chi connectivity index (χ2n) is 5.28. The van der Waals surface area contributed by atoms with Crippen molar-refractivity contribution >= 4 is 17.8 Å². The summed E-state index contributed by atoms with van der Waals surface area (Å²) in [6.45, 7) is 2.79. The van der Waals surface area contributed by atoms with Crippen molar-refractivity contribution in [1.82, 2.24) is 10.6 Å². The molecule has 0 heterocycles.